The summed E-state index contributed by atoms with van der Waals surface area (Å²) in [6, 6.07) is 4.20. The van der Waals surface area contributed by atoms with E-state index in [9.17, 15) is 0 Å². The molecular weight excluding hydrogens is 284 g/mol. The minimum atomic E-state index is 0.537. The summed E-state index contributed by atoms with van der Waals surface area (Å²) < 4.78 is 0. The predicted molar refractivity (Wildman–Crippen MR) is 98.8 cm³/mol. The van der Waals surface area contributed by atoms with E-state index in [4.69, 9.17) is 4.84 Å². The number of rotatable bonds is 14. The molecule has 1 atom stereocenters. The Labute approximate surface area is 142 Å². The van der Waals surface area contributed by atoms with Crippen LogP contribution in [0.3, 0.4) is 0 Å². The average Bonchev–Trinajstić information content (AvgIpc) is 2.58. The first-order valence-electron chi connectivity index (χ1n) is 9.28. The van der Waals surface area contributed by atoms with Crippen molar-refractivity contribution in [2.24, 2.45) is 11.1 Å². The number of hydrogen-bond acceptors (Lipinski definition) is 3. The molecule has 0 amide bonds. The summed E-state index contributed by atoms with van der Waals surface area (Å²) in [5, 5.41) is 3.83. The van der Waals surface area contributed by atoms with Gasteiger partial charge in [0.15, 0.2) is 0 Å². The van der Waals surface area contributed by atoms with Crippen molar-refractivity contribution in [2.75, 3.05) is 7.11 Å². The molecule has 1 heterocycles. The van der Waals surface area contributed by atoms with Gasteiger partial charge in [0.1, 0.15) is 7.11 Å². The quantitative estimate of drug-likeness (QED) is 0.247. The van der Waals surface area contributed by atoms with Gasteiger partial charge in [-0.2, -0.15) is 0 Å². The van der Waals surface area contributed by atoms with Crippen LogP contribution >= 0.6 is 0 Å². The van der Waals surface area contributed by atoms with Gasteiger partial charge < -0.3 is 4.84 Å². The van der Waals surface area contributed by atoms with E-state index < -0.39 is 0 Å². The summed E-state index contributed by atoms with van der Waals surface area (Å²) >= 11 is 0. The van der Waals surface area contributed by atoms with E-state index in [1.807, 2.05) is 24.7 Å². The molecule has 0 aliphatic rings. The third kappa shape index (κ3) is 11.8. The van der Waals surface area contributed by atoms with Gasteiger partial charge in [-0.15, -0.1) is 0 Å². The summed E-state index contributed by atoms with van der Waals surface area (Å²) in [7, 11) is 1.60. The van der Waals surface area contributed by atoms with Crippen LogP contribution in [0.25, 0.3) is 0 Å². The molecule has 1 aromatic rings. The fraction of sp³-hybridized carbons (Fsp3) is 0.700. The number of oxime groups is 1. The SMILES string of the molecule is CON=C[C@H](C)CCCCCCCCCCCc1cccnc1. The van der Waals surface area contributed by atoms with Crippen molar-refractivity contribution in [2.45, 2.75) is 77.6 Å². The van der Waals surface area contributed by atoms with Gasteiger partial charge in [-0.25, -0.2) is 0 Å². The van der Waals surface area contributed by atoms with Crippen molar-refractivity contribution in [3.63, 3.8) is 0 Å². The second-order valence-electron chi connectivity index (χ2n) is 6.50. The van der Waals surface area contributed by atoms with Crippen LogP contribution < -0.4 is 0 Å². The number of pyridine rings is 1. The van der Waals surface area contributed by atoms with E-state index in [2.05, 4.69) is 23.1 Å². The van der Waals surface area contributed by atoms with Gasteiger partial charge in [0.2, 0.25) is 0 Å². The molecule has 0 saturated carbocycles. The van der Waals surface area contributed by atoms with Crippen LogP contribution in [0.2, 0.25) is 0 Å². The zero-order valence-electron chi connectivity index (χ0n) is 15.0. The predicted octanol–water partition coefficient (Wildman–Crippen LogP) is 5.79. The van der Waals surface area contributed by atoms with E-state index in [-0.39, 0.29) is 0 Å². The smallest absolute Gasteiger partial charge is 0.106 e. The van der Waals surface area contributed by atoms with Crippen molar-refractivity contribution in [1.29, 1.82) is 0 Å². The number of hydrogen-bond donors (Lipinski definition) is 0. The summed E-state index contributed by atoms with van der Waals surface area (Å²) in [5.74, 6) is 0.537. The van der Waals surface area contributed by atoms with E-state index in [1.54, 1.807) is 7.11 Å². The fourth-order valence-electron chi connectivity index (χ4n) is 2.82. The zero-order chi connectivity index (χ0) is 16.6. The molecule has 3 heteroatoms. The Balaban J connectivity index is 1.80. The van der Waals surface area contributed by atoms with Crippen molar-refractivity contribution in [1.82, 2.24) is 4.98 Å². The topological polar surface area (TPSA) is 34.5 Å². The fourth-order valence-corrected chi connectivity index (χ4v) is 2.82. The minimum absolute atomic E-state index is 0.537. The molecule has 0 radical (unpaired) electrons. The normalized spacial score (nSPS) is 12.6. The summed E-state index contributed by atoms with van der Waals surface area (Å²) in [6.45, 7) is 2.20. The lowest BCUT2D eigenvalue weighted by atomic mass is 10.0. The molecule has 0 aromatic carbocycles. The average molecular weight is 319 g/mol. The van der Waals surface area contributed by atoms with Crippen LogP contribution in [0.1, 0.15) is 76.7 Å². The Hall–Kier alpha value is -1.38. The Bertz CT molecular complexity index is 392. The maximum absolute atomic E-state index is 4.70. The van der Waals surface area contributed by atoms with Gasteiger partial charge in [0.05, 0.1) is 0 Å². The highest BCUT2D eigenvalue weighted by Crippen LogP contribution is 2.13. The van der Waals surface area contributed by atoms with Gasteiger partial charge in [-0.05, 0) is 36.8 Å². The lowest BCUT2D eigenvalue weighted by Gasteiger charge is -2.05. The molecule has 0 spiro atoms. The lowest BCUT2D eigenvalue weighted by Crippen LogP contribution is -1.96. The molecule has 0 fully saturated rings. The monoisotopic (exact) mass is 318 g/mol. The Morgan fingerprint density at radius 2 is 1.70 bits per heavy atom. The number of aryl methyl sites for hydroxylation is 1. The van der Waals surface area contributed by atoms with Gasteiger partial charge in [-0.1, -0.05) is 69.5 Å². The third-order valence-corrected chi connectivity index (χ3v) is 4.27. The van der Waals surface area contributed by atoms with Crippen molar-refractivity contribution in [3.05, 3.63) is 30.1 Å². The maximum atomic E-state index is 4.70. The first-order chi connectivity index (χ1) is 11.3. The van der Waals surface area contributed by atoms with E-state index >= 15 is 0 Å². The lowest BCUT2D eigenvalue weighted by molar-refractivity contribution is 0.213. The minimum Gasteiger partial charge on any atom is -0.399 e. The molecule has 23 heavy (non-hydrogen) atoms. The molecule has 1 aromatic heterocycles. The molecule has 130 valence electrons. The van der Waals surface area contributed by atoms with Crippen molar-refractivity contribution in [3.8, 4) is 0 Å². The molecule has 1 rings (SSSR count). The first-order valence-corrected chi connectivity index (χ1v) is 9.28. The summed E-state index contributed by atoms with van der Waals surface area (Å²) in [6.07, 6.45) is 20.4. The van der Waals surface area contributed by atoms with Crippen LogP contribution in [0.15, 0.2) is 29.7 Å². The summed E-state index contributed by atoms with van der Waals surface area (Å²) in [5.41, 5.74) is 1.37. The van der Waals surface area contributed by atoms with Crippen molar-refractivity contribution >= 4 is 6.21 Å². The van der Waals surface area contributed by atoms with E-state index in [1.165, 1.54) is 76.2 Å². The maximum Gasteiger partial charge on any atom is 0.106 e. The Kier molecular flexibility index (Phi) is 12.2. The number of unbranched alkanes of at least 4 members (excludes halogenated alkanes) is 8. The van der Waals surface area contributed by atoms with Gasteiger partial charge in [-0.3, -0.25) is 4.98 Å². The van der Waals surface area contributed by atoms with Gasteiger partial charge >= 0.3 is 0 Å². The van der Waals surface area contributed by atoms with Crippen molar-refractivity contribution < 1.29 is 4.84 Å². The highest BCUT2D eigenvalue weighted by Gasteiger charge is 1.99. The largest absolute Gasteiger partial charge is 0.399 e. The van der Waals surface area contributed by atoms with Crippen LogP contribution in [0.4, 0.5) is 0 Å². The third-order valence-electron chi connectivity index (χ3n) is 4.27. The second-order valence-corrected chi connectivity index (χ2v) is 6.50. The molecule has 0 bridgehead atoms. The zero-order valence-corrected chi connectivity index (χ0v) is 15.0. The van der Waals surface area contributed by atoms with Crippen LogP contribution in [0.5, 0.6) is 0 Å². The Morgan fingerprint density at radius 3 is 2.30 bits per heavy atom. The van der Waals surface area contributed by atoms with Gasteiger partial charge in [0, 0.05) is 18.6 Å². The molecule has 0 aliphatic heterocycles. The molecular formula is C20H34N2O. The van der Waals surface area contributed by atoms with Crippen LogP contribution in [-0.2, 0) is 11.3 Å². The van der Waals surface area contributed by atoms with E-state index in [0.29, 0.717) is 5.92 Å². The van der Waals surface area contributed by atoms with E-state index in [0.717, 1.165) is 0 Å². The molecule has 0 saturated heterocycles. The van der Waals surface area contributed by atoms with Crippen LogP contribution in [0, 0.1) is 5.92 Å². The first kappa shape index (κ1) is 19.7. The second kappa shape index (κ2) is 14.2. The highest BCUT2D eigenvalue weighted by molar-refractivity contribution is 5.59. The van der Waals surface area contributed by atoms with Gasteiger partial charge in [0.25, 0.3) is 0 Å². The number of aromatic nitrogens is 1. The summed E-state index contributed by atoms with van der Waals surface area (Å²) in [4.78, 5) is 8.86. The molecule has 3 nitrogen and oxygen atoms in total. The highest BCUT2D eigenvalue weighted by atomic mass is 16.6. The molecule has 0 N–H and O–H groups in total. The Morgan fingerprint density at radius 1 is 1.04 bits per heavy atom. The molecule has 0 unspecified atom stereocenters. The van der Waals surface area contributed by atoms with Crippen LogP contribution in [-0.4, -0.2) is 18.3 Å². The number of nitrogens with zero attached hydrogens (tertiary/aromatic N) is 2. The molecule has 0 aliphatic carbocycles. The standard InChI is InChI=1S/C20H34N2O/c1-19(17-22-23-2)13-10-8-6-4-3-5-7-9-11-14-20-15-12-16-21-18-20/h12,15-19H,3-11,13-14H2,1-2H3/t19-/m1/s1.